The van der Waals surface area contributed by atoms with Crippen LogP contribution in [0, 0.1) is 3.57 Å². The number of hydrazine groups is 1. The Kier molecular flexibility index (Phi) is 4.57. The van der Waals surface area contributed by atoms with Crippen molar-refractivity contribution in [3.8, 4) is 5.75 Å². The number of para-hydroxylation sites is 1. The predicted octanol–water partition coefficient (Wildman–Crippen LogP) is 2.85. The molecule has 0 aliphatic rings. The third-order valence-electron chi connectivity index (χ3n) is 2.80. The zero-order chi connectivity index (χ0) is 13.0. The summed E-state index contributed by atoms with van der Waals surface area (Å²) in [5.41, 5.74) is 5.00. The summed E-state index contributed by atoms with van der Waals surface area (Å²) in [5.74, 6) is 6.54. The molecule has 3 nitrogen and oxygen atoms in total. The second-order valence-corrected chi connectivity index (χ2v) is 5.14. The van der Waals surface area contributed by atoms with Gasteiger partial charge in [0.25, 0.3) is 0 Å². The second kappa shape index (κ2) is 6.17. The minimum Gasteiger partial charge on any atom is -0.496 e. The van der Waals surface area contributed by atoms with Crippen molar-refractivity contribution in [3.63, 3.8) is 0 Å². The van der Waals surface area contributed by atoms with Crippen LogP contribution in [0.2, 0.25) is 0 Å². The lowest BCUT2D eigenvalue weighted by Gasteiger charge is -2.19. The SMILES string of the molecule is COc1ccccc1C(NN)c1cccc(I)c1. The third kappa shape index (κ3) is 2.82. The lowest BCUT2D eigenvalue weighted by atomic mass is 9.98. The zero-order valence-corrected chi connectivity index (χ0v) is 12.2. The van der Waals surface area contributed by atoms with Crippen LogP contribution in [0.5, 0.6) is 5.75 Å². The van der Waals surface area contributed by atoms with Crippen molar-refractivity contribution >= 4 is 22.6 Å². The van der Waals surface area contributed by atoms with E-state index in [0.29, 0.717) is 0 Å². The molecule has 0 aliphatic heterocycles. The Bertz CT molecular complexity index is 531. The largest absolute Gasteiger partial charge is 0.496 e. The molecule has 0 amide bonds. The summed E-state index contributed by atoms with van der Waals surface area (Å²) < 4.78 is 6.56. The van der Waals surface area contributed by atoms with Gasteiger partial charge in [-0.15, -0.1) is 0 Å². The first-order valence-electron chi connectivity index (χ1n) is 5.60. The highest BCUT2D eigenvalue weighted by molar-refractivity contribution is 14.1. The molecule has 2 aromatic carbocycles. The van der Waals surface area contributed by atoms with Crippen molar-refractivity contribution in [2.24, 2.45) is 5.84 Å². The topological polar surface area (TPSA) is 47.3 Å². The maximum Gasteiger partial charge on any atom is 0.124 e. The van der Waals surface area contributed by atoms with Crippen LogP contribution in [0.1, 0.15) is 17.2 Å². The minimum absolute atomic E-state index is 0.0733. The van der Waals surface area contributed by atoms with Crippen LogP contribution in [-0.2, 0) is 0 Å². The fourth-order valence-corrected chi connectivity index (χ4v) is 2.52. The molecule has 1 atom stereocenters. The van der Waals surface area contributed by atoms with Crippen molar-refractivity contribution in [1.29, 1.82) is 0 Å². The Morgan fingerprint density at radius 2 is 1.94 bits per heavy atom. The van der Waals surface area contributed by atoms with E-state index in [0.717, 1.165) is 16.9 Å². The van der Waals surface area contributed by atoms with Gasteiger partial charge < -0.3 is 4.74 Å². The fraction of sp³-hybridized carbons (Fsp3) is 0.143. The number of benzene rings is 2. The molecule has 0 spiro atoms. The van der Waals surface area contributed by atoms with E-state index in [1.165, 1.54) is 3.57 Å². The van der Waals surface area contributed by atoms with Gasteiger partial charge in [-0.2, -0.15) is 0 Å². The number of hydrogen-bond acceptors (Lipinski definition) is 3. The van der Waals surface area contributed by atoms with E-state index in [1.54, 1.807) is 7.11 Å². The highest BCUT2D eigenvalue weighted by Gasteiger charge is 2.16. The predicted molar refractivity (Wildman–Crippen MR) is 81.3 cm³/mol. The molecule has 0 aliphatic carbocycles. The molecule has 0 radical (unpaired) electrons. The Balaban J connectivity index is 2.45. The molecule has 2 aromatic rings. The van der Waals surface area contributed by atoms with Crippen LogP contribution in [0.3, 0.4) is 0 Å². The average Bonchev–Trinajstić information content (AvgIpc) is 2.40. The van der Waals surface area contributed by atoms with Crippen LogP contribution in [0.25, 0.3) is 0 Å². The Morgan fingerprint density at radius 1 is 1.17 bits per heavy atom. The molecule has 0 saturated carbocycles. The Labute approximate surface area is 120 Å². The molecule has 0 saturated heterocycles. The average molecular weight is 354 g/mol. The summed E-state index contributed by atoms with van der Waals surface area (Å²) in [6, 6.07) is 16.1. The standard InChI is InChI=1S/C14H15IN2O/c1-18-13-8-3-2-7-12(13)14(17-16)10-5-4-6-11(15)9-10/h2-9,14,17H,16H2,1H3. The number of rotatable bonds is 4. The van der Waals surface area contributed by atoms with Gasteiger partial charge in [0.05, 0.1) is 13.2 Å². The first-order chi connectivity index (χ1) is 8.76. The molecule has 0 aromatic heterocycles. The van der Waals surface area contributed by atoms with Gasteiger partial charge in [0.1, 0.15) is 5.75 Å². The van der Waals surface area contributed by atoms with Crippen LogP contribution in [0.15, 0.2) is 48.5 Å². The maximum atomic E-state index is 5.70. The molecular formula is C14H15IN2O. The molecule has 2 rings (SSSR count). The zero-order valence-electron chi connectivity index (χ0n) is 10.1. The van der Waals surface area contributed by atoms with Crippen molar-refractivity contribution in [2.45, 2.75) is 6.04 Å². The first-order valence-corrected chi connectivity index (χ1v) is 6.68. The Morgan fingerprint density at radius 3 is 2.61 bits per heavy atom. The smallest absolute Gasteiger partial charge is 0.124 e. The van der Waals surface area contributed by atoms with Crippen molar-refractivity contribution in [2.75, 3.05) is 7.11 Å². The number of halogens is 1. The van der Waals surface area contributed by atoms with Crippen molar-refractivity contribution in [1.82, 2.24) is 5.43 Å². The summed E-state index contributed by atoms with van der Waals surface area (Å²) in [4.78, 5) is 0. The van der Waals surface area contributed by atoms with Crippen LogP contribution < -0.4 is 16.0 Å². The lowest BCUT2D eigenvalue weighted by molar-refractivity contribution is 0.404. The van der Waals surface area contributed by atoms with E-state index in [4.69, 9.17) is 10.6 Å². The highest BCUT2D eigenvalue weighted by atomic mass is 127. The van der Waals surface area contributed by atoms with E-state index >= 15 is 0 Å². The molecule has 0 bridgehead atoms. The van der Waals surface area contributed by atoms with E-state index in [-0.39, 0.29) is 6.04 Å². The second-order valence-electron chi connectivity index (χ2n) is 3.90. The van der Waals surface area contributed by atoms with Crippen LogP contribution >= 0.6 is 22.6 Å². The Hall–Kier alpha value is -1.11. The van der Waals surface area contributed by atoms with E-state index in [9.17, 15) is 0 Å². The number of hydrogen-bond donors (Lipinski definition) is 2. The van der Waals surface area contributed by atoms with Crippen molar-refractivity contribution < 1.29 is 4.74 Å². The van der Waals surface area contributed by atoms with Gasteiger partial charge in [0, 0.05) is 9.13 Å². The van der Waals surface area contributed by atoms with Crippen LogP contribution in [0.4, 0.5) is 0 Å². The van der Waals surface area contributed by atoms with Gasteiger partial charge in [-0.25, -0.2) is 5.43 Å². The summed E-state index contributed by atoms with van der Waals surface area (Å²) in [5, 5.41) is 0. The normalized spacial score (nSPS) is 12.2. The summed E-state index contributed by atoms with van der Waals surface area (Å²) >= 11 is 2.29. The number of nitrogens with one attached hydrogen (secondary N) is 1. The fourth-order valence-electron chi connectivity index (χ4n) is 1.96. The van der Waals surface area contributed by atoms with Gasteiger partial charge in [0.2, 0.25) is 0 Å². The molecule has 3 N–H and O–H groups in total. The third-order valence-corrected chi connectivity index (χ3v) is 3.47. The number of nitrogens with two attached hydrogens (primary N) is 1. The van der Waals surface area contributed by atoms with Gasteiger partial charge in [-0.1, -0.05) is 30.3 Å². The molecule has 1 unspecified atom stereocenters. The van der Waals surface area contributed by atoms with Crippen LogP contribution in [-0.4, -0.2) is 7.11 Å². The lowest BCUT2D eigenvalue weighted by Crippen LogP contribution is -2.29. The summed E-state index contributed by atoms with van der Waals surface area (Å²) in [7, 11) is 1.67. The molecular weight excluding hydrogens is 339 g/mol. The van der Waals surface area contributed by atoms with Gasteiger partial charge in [-0.05, 0) is 46.4 Å². The minimum atomic E-state index is -0.0733. The van der Waals surface area contributed by atoms with Gasteiger partial charge in [-0.3, -0.25) is 5.84 Å². The molecule has 0 heterocycles. The van der Waals surface area contributed by atoms with Gasteiger partial charge >= 0.3 is 0 Å². The molecule has 0 fully saturated rings. The number of methoxy groups -OCH3 is 1. The summed E-state index contributed by atoms with van der Waals surface area (Å²) in [6.07, 6.45) is 0. The van der Waals surface area contributed by atoms with Crippen molar-refractivity contribution in [3.05, 3.63) is 63.2 Å². The van der Waals surface area contributed by atoms with E-state index in [2.05, 4.69) is 46.2 Å². The van der Waals surface area contributed by atoms with Gasteiger partial charge in [0.15, 0.2) is 0 Å². The maximum absolute atomic E-state index is 5.70. The molecule has 94 valence electrons. The monoisotopic (exact) mass is 354 g/mol. The number of ether oxygens (including phenoxy) is 1. The quantitative estimate of drug-likeness (QED) is 0.504. The van der Waals surface area contributed by atoms with E-state index in [1.807, 2.05) is 30.3 Å². The molecule has 4 heteroatoms. The van der Waals surface area contributed by atoms with E-state index < -0.39 is 0 Å². The molecule has 18 heavy (non-hydrogen) atoms. The first kappa shape index (κ1) is 13.3. The highest BCUT2D eigenvalue weighted by Crippen LogP contribution is 2.29. The summed E-state index contributed by atoms with van der Waals surface area (Å²) in [6.45, 7) is 0.